The van der Waals surface area contributed by atoms with Crippen molar-refractivity contribution in [3.05, 3.63) is 97.5 Å². The molecule has 3 aromatic carbocycles. The minimum atomic E-state index is -0.826. The second-order valence-electron chi connectivity index (χ2n) is 8.21. The smallest absolute Gasteiger partial charge is 0.335 e. The molecule has 1 aliphatic rings. The van der Waals surface area contributed by atoms with Gasteiger partial charge in [-0.25, -0.2) is 9.69 Å². The van der Waals surface area contributed by atoms with Crippen molar-refractivity contribution in [3.8, 4) is 11.5 Å². The number of imide groups is 2. The molecule has 0 spiro atoms. The van der Waals surface area contributed by atoms with Crippen molar-refractivity contribution in [3.63, 3.8) is 0 Å². The van der Waals surface area contributed by atoms with Crippen molar-refractivity contribution in [2.75, 3.05) is 12.0 Å². The Morgan fingerprint density at radius 3 is 2.26 bits per heavy atom. The molecule has 0 atom stereocenters. The number of barbiturate groups is 1. The number of halogens is 1. The highest BCUT2D eigenvalue weighted by Gasteiger charge is 2.37. The molecule has 1 aliphatic heterocycles. The zero-order valence-corrected chi connectivity index (χ0v) is 22.0. The predicted octanol–water partition coefficient (Wildman–Crippen LogP) is 5.17. The molecule has 0 unspecified atom stereocenters. The fourth-order valence-corrected chi connectivity index (χ4v) is 4.17. The van der Waals surface area contributed by atoms with Gasteiger partial charge in [0.05, 0.1) is 17.7 Å². The Bertz CT molecular complexity index is 1450. The van der Waals surface area contributed by atoms with Gasteiger partial charge in [-0.05, 0) is 65.6 Å². The number of benzene rings is 3. The number of hydrogen-bond donors (Lipinski definition) is 1. The molecule has 1 N–H and O–H groups in total. The van der Waals surface area contributed by atoms with Crippen LogP contribution in [0.4, 0.5) is 16.2 Å². The lowest BCUT2D eigenvalue weighted by atomic mass is 10.1. The first-order valence-corrected chi connectivity index (χ1v) is 12.2. The van der Waals surface area contributed by atoms with Gasteiger partial charge in [0.1, 0.15) is 12.2 Å². The minimum absolute atomic E-state index is 0.0222. The minimum Gasteiger partial charge on any atom is -0.493 e. The maximum absolute atomic E-state index is 13.2. The van der Waals surface area contributed by atoms with Crippen molar-refractivity contribution < 1.29 is 28.8 Å². The summed E-state index contributed by atoms with van der Waals surface area (Å²) in [6.07, 6.45) is 2.16. The van der Waals surface area contributed by atoms with E-state index in [4.69, 9.17) is 9.47 Å². The third kappa shape index (κ3) is 5.57. The van der Waals surface area contributed by atoms with Gasteiger partial charge < -0.3 is 9.47 Å². The molecule has 4 amide bonds. The molecular formula is C27H22BrN3O7. The van der Waals surface area contributed by atoms with Gasteiger partial charge in [-0.1, -0.05) is 35.0 Å². The van der Waals surface area contributed by atoms with E-state index in [0.29, 0.717) is 32.8 Å². The number of anilines is 1. The van der Waals surface area contributed by atoms with Crippen molar-refractivity contribution in [2.45, 2.75) is 20.0 Å². The lowest BCUT2D eigenvalue weighted by Crippen LogP contribution is -2.54. The van der Waals surface area contributed by atoms with Crippen LogP contribution in [0.25, 0.3) is 6.08 Å². The maximum atomic E-state index is 13.2. The van der Waals surface area contributed by atoms with Crippen LogP contribution >= 0.6 is 15.9 Å². The summed E-state index contributed by atoms with van der Waals surface area (Å²) in [5.41, 5.74) is 2.28. The standard InChI is InChI=1S/C27H22BrN3O7/c1-3-16-4-8-19(9-5-16)30-26(33)21(25(32)29-27(30)34)12-18-13-23(37-2)24(14-22(18)28)38-15-17-6-10-20(11-7-17)31(35)36/h4-14H,3,15H2,1-2H3,(H,29,32,34)/b21-12-. The van der Waals surface area contributed by atoms with Crippen LogP contribution in [0, 0.1) is 10.1 Å². The number of nitro benzene ring substituents is 1. The third-order valence-electron chi connectivity index (χ3n) is 5.83. The average molecular weight is 580 g/mol. The highest BCUT2D eigenvalue weighted by atomic mass is 79.9. The Kier molecular flexibility index (Phi) is 7.87. The maximum Gasteiger partial charge on any atom is 0.335 e. The van der Waals surface area contributed by atoms with E-state index < -0.39 is 22.8 Å². The Morgan fingerprint density at radius 2 is 1.66 bits per heavy atom. The van der Waals surface area contributed by atoms with Gasteiger partial charge >= 0.3 is 6.03 Å². The van der Waals surface area contributed by atoms with Gasteiger partial charge in [0.15, 0.2) is 11.5 Å². The van der Waals surface area contributed by atoms with Gasteiger partial charge in [0, 0.05) is 16.6 Å². The largest absolute Gasteiger partial charge is 0.493 e. The van der Waals surface area contributed by atoms with Gasteiger partial charge in [-0.2, -0.15) is 0 Å². The predicted molar refractivity (Wildman–Crippen MR) is 143 cm³/mol. The molecule has 1 saturated heterocycles. The average Bonchev–Trinajstić information content (AvgIpc) is 2.91. The molecule has 11 heteroatoms. The van der Waals surface area contributed by atoms with E-state index in [2.05, 4.69) is 21.2 Å². The van der Waals surface area contributed by atoms with Crippen LogP contribution in [0.15, 0.2) is 70.7 Å². The first-order chi connectivity index (χ1) is 18.2. The third-order valence-corrected chi connectivity index (χ3v) is 6.52. The first kappa shape index (κ1) is 26.6. The molecule has 1 heterocycles. The number of nitro groups is 1. The number of carbonyl (C=O) groups excluding carboxylic acids is 3. The topological polar surface area (TPSA) is 128 Å². The van der Waals surface area contributed by atoms with Gasteiger partial charge in [-0.3, -0.25) is 25.0 Å². The Balaban J connectivity index is 1.60. The molecule has 3 aromatic rings. The van der Waals surface area contributed by atoms with Crippen LogP contribution < -0.4 is 19.7 Å². The van der Waals surface area contributed by atoms with Gasteiger partial charge in [0.2, 0.25) is 0 Å². The van der Waals surface area contributed by atoms with Crippen molar-refractivity contribution in [2.24, 2.45) is 0 Å². The van der Waals surface area contributed by atoms with E-state index in [0.717, 1.165) is 16.9 Å². The van der Waals surface area contributed by atoms with Crippen LogP contribution in [-0.2, 0) is 22.6 Å². The Labute approximate surface area is 226 Å². The lowest BCUT2D eigenvalue weighted by Gasteiger charge is -2.26. The summed E-state index contributed by atoms with van der Waals surface area (Å²) in [5, 5.41) is 13.1. The second kappa shape index (κ2) is 11.3. The molecule has 4 rings (SSSR count). The summed E-state index contributed by atoms with van der Waals surface area (Å²) in [4.78, 5) is 49.6. The molecule has 0 bridgehead atoms. The van der Waals surface area contributed by atoms with Gasteiger partial charge in [0.25, 0.3) is 17.5 Å². The molecule has 0 aliphatic carbocycles. The van der Waals surface area contributed by atoms with Crippen LogP contribution in [0.3, 0.4) is 0 Å². The van der Waals surface area contributed by atoms with Crippen molar-refractivity contribution in [1.82, 2.24) is 5.32 Å². The second-order valence-corrected chi connectivity index (χ2v) is 9.07. The van der Waals surface area contributed by atoms with Crippen molar-refractivity contribution in [1.29, 1.82) is 0 Å². The molecular weight excluding hydrogens is 558 g/mol. The monoisotopic (exact) mass is 579 g/mol. The fraction of sp³-hybridized carbons (Fsp3) is 0.148. The number of methoxy groups -OCH3 is 1. The number of hydrogen-bond acceptors (Lipinski definition) is 7. The number of nitrogens with zero attached hydrogens (tertiary/aromatic N) is 2. The van der Waals surface area contributed by atoms with Crippen LogP contribution in [-0.4, -0.2) is 29.9 Å². The highest BCUT2D eigenvalue weighted by Crippen LogP contribution is 2.36. The van der Waals surface area contributed by atoms with E-state index in [9.17, 15) is 24.5 Å². The number of urea groups is 1. The summed E-state index contributed by atoms with van der Waals surface area (Å²) in [7, 11) is 1.44. The van der Waals surface area contributed by atoms with Crippen LogP contribution in [0.5, 0.6) is 11.5 Å². The summed E-state index contributed by atoms with van der Waals surface area (Å²) in [5.74, 6) is -0.876. The van der Waals surface area contributed by atoms with E-state index >= 15 is 0 Å². The number of nitrogens with one attached hydrogen (secondary N) is 1. The number of non-ortho nitro benzene ring substituents is 1. The number of aryl methyl sites for hydroxylation is 1. The molecule has 0 aromatic heterocycles. The first-order valence-electron chi connectivity index (χ1n) is 11.5. The van der Waals surface area contributed by atoms with Crippen LogP contribution in [0.2, 0.25) is 0 Å². The summed E-state index contributed by atoms with van der Waals surface area (Å²) >= 11 is 3.44. The molecule has 38 heavy (non-hydrogen) atoms. The van der Waals surface area contributed by atoms with E-state index in [1.807, 2.05) is 19.1 Å². The van der Waals surface area contributed by atoms with Crippen LogP contribution in [0.1, 0.15) is 23.6 Å². The SMILES string of the molecule is CCc1ccc(N2C(=O)NC(=O)/C(=C/c3cc(OC)c(OCc4ccc([N+](=O)[O-])cc4)cc3Br)C2=O)cc1. The molecule has 0 radical (unpaired) electrons. The van der Waals surface area contributed by atoms with Gasteiger partial charge in [-0.15, -0.1) is 0 Å². The van der Waals surface area contributed by atoms with E-state index in [-0.39, 0.29) is 17.9 Å². The fourth-order valence-electron chi connectivity index (χ4n) is 3.74. The summed E-state index contributed by atoms with van der Waals surface area (Å²) in [6, 6.07) is 15.3. The van der Waals surface area contributed by atoms with E-state index in [1.165, 1.54) is 25.3 Å². The summed E-state index contributed by atoms with van der Waals surface area (Å²) in [6.45, 7) is 2.11. The zero-order chi connectivity index (χ0) is 27.4. The normalized spacial score (nSPS) is 14.4. The lowest BCUT2D eigenvalue weighted by molar-refractivity contribution is -0.384. The Morgan fingerprint density at radius 1 is 1.00 bits per heavy atom. The molecule has 0 saturated carbocycles. The molecule has 10 nitrogen and oxygen atoms in total. The zero-order valence-electron chi connectivity index (χ0n) is 20.4. The number of amides is 4. The highest BCUT2D eigenvalue weighted by molar-refractivity contribution is 9.10. The Hall–Kier alpha value is -4.51. The number of rotatable bonds is 8. The quantitative estimate of drug-likeness (QED) is 0.168. The van der Waals surface area contributed by atoms with Crippen molar-refractivity contribution >= 4 is 51.2 Å². The summed E-state index contributed by atoms with van der Waals surface area (Å²) < 4.78 is 11.8. The van der Waals surface area contributed by atoms with E-state index in [1.54, 1.807) is 36.4 Å². The molecule has 194 valence electrons. The number of carbonyl (C=O) groups is 3. The number of ether oxygens (including phenoxy) is 2. The molecule has 1 fully saturated rings.